The molecule has 0 N–H and O–H groups in total. The molecular formula is C57H57GeIrN3O-2. The Hall–Kier alpha value is -5.33. The molecule has 6 heteroatoms. The van der Waals surface area contributed by atoms with Crippen LogP contribution in [0.5, 0.6) is 0 Å². The Morgan fingerprint density at radius 1 is 0.651 bits per heavy atom. The molecule has 0 saturated carbocycles. The van der Waals surface area contributed by atoms with E-state index >= 15 is 0 Å². The van der Waals surface area contributed by atoms with Crippen LogP contribution in [-0.4, -0.2) is 27.8 Å². The number of aromatic nitrogens is 3. The van der Waals surface area contributed by atoms with Crippen molar-refractivity contribution in [3.63, 3.8) is 0 Å². The van der Waals surface area contributed by atoms with E-state index < -0.39 is 13.3 Å². The van der Waals surface area contributed by atoms with E-state index in [2.05, 4.69) is 203 Å². The number of para-hydroxylation sites is 2. The molecule has 9 rings (SSSR count). The molecule has 0 aliphatic rings. The first-order valence-corrected chi connectivity index (χ1v) is 29.4. The van der Waals surface area contributed by atoms with Crippen molar-refractivity contribution in [2.75, 3.05) is 0 Å². The average molecular weight is 1060 g/mol. The topological polar surface area (TPSA) is 43.9 Å². The maximum absolute atomic E-state index is 6.11. The molecule has 0 unspecified atom stereocenters. The largest absolute Gasteiger partial charge is 0.557 e. The third-order valence-electron chi connectivity index (χ3n) is 11.6. The van der Waals surface area contributed by atoms with Crippen molar-refractivity contribution >= 4 is 39.7 Å². The first kappa shape index (κ1) is 45.7. The first-order chi connectivity index (χ1) is 29.9. The van der Waals surface area contributed by atoms with Crippen molar-refractivity contribution in [3.05, 3.63) is 181 Å². The Kier molecular flexibility index (Phi) is 14.2. The number of rotatable bonds is 10. The van der Waals surface area contributed by atoms with Gasteiger partial charge in [-0.3, -0.25) is 4.98 Å². The molecule has 0 spiro atoms. The van der Waals surface area contributed by atoms with Gasteiger partial charge in [0.2, 0.25) is 0 Å². The van der Waals surface area contributed by atoms with Crippen LogP contribution >= 0.6 is 0 Å². The summed E-state index contributed by atoms with van der Waals surface area (Å²) in [5.41, 5.74) is 15.9. The molecule has 0 fully saturated rings. The molecule has 9 aromatic rings. The Morgan fingerprint density at radius 3 is 1.87 bits per heavy atom. The van der Waals surface area contributed by atoms with Crippen LogP contribution in [0.3, 0.4) is 0 Å². The summed E-state index contributed by atoms with van der Waals surface area (Å²) in [4.78, 5) is 9.91. The predicted octanol–water partition coefficient (Wildman–Crippen LogP) is 15.1. The summed E-state index contributed by atoms with van der Waals surface area (Å²) in [7, 11) is 0. The van der Waals surface area contributed by atoms with Crippen LogP contribution in [0.1, 0.15) is 70.1 Å². The van der Waals surface area contributed by atoms with Crippen molar-refractivity contribution < 1.29 is 24.5 Å². The molecule has 0 aliphatic carbocycles. The molecule has 0 aliphatic heterocycles. The second-order valence-electron chi connectivity index (χ2n) is 18.4. The monoisotopic (exact) mass is 1070 g/mol. The molecule has 3 aromatic heterocycles. The summed E-state index contributed by atoms with van der Waals surface area (Å²) >= 11 is -1.86. The summed E-state index contributed by atoms with van der Waals surface area (Å²) in [5, 5.41) is 1.00. The van der Waals surface area contributed by atoms with E-state index in [1.807, 2.05) is 24.3 Å². The van der Waals surface area contributed by atoms with Gasteiger partial charge in [0.15, 0.2) is 0 Å². The zero-order valence-corrected chi connectivity index (χ0v) is 42.4. The summed E-state index contributed by atoms with van der Waals surface area (Å²) in [5.74, 6) is 9.44. The smallest absolute Gasteiger partial charge is 0.0774 e. The number of imidazole rings is 1. The molecule has 3 heterocycles. The van der Waals surface area contributed by atoms with Crippen LogP contribution < -0.4 is 4.40 Å². The maximum Gasteiger partial charge on any atom is 0.0774 e. The third kappa shape index (κ3) is 9.92. The summed E-state index contributed by atoms with van der Waals surface area (Å²) in [6.45, 7) is 13.7. The van der Waals surface area contributed by atoms with Gasteiger partial charge >= 0.3 is 126 Å². The molecule has 0 amide bonds. The fourth-order valence-electron chi connectivity index (χ4n) is 8.47. The third-order valence-corrected chi connectivity index (χ3v) is 15.9. The number of hydrogen-bond acceptors (Lipinski definition) is 3. The number of furan rings is 1. The van der Waals surface area contributed by atoms with E-state index in [-0.39, 0.29) is 20.1 Å². The molecule has 1 radical (unpaired) electrons. The van der Waals surface area contributed by atoms with Gasteiger partial charge in [0.05, 0.1) is 16.9 Å². The molecule has 6 aromatic carbocycles. The minimum absolute atomic E-state index is 0. The summed E-state index contributed by atoms with van der Waals surface area (Å²) in [6, 6.07) is 54.2. The standard InChI is InChI=1S/C39H33N2O.C18H24GeN.Ir/c1-25(2)32-21-30(28-15-9-6-10-16-28)22-33(26(3)4)38(32)41-36-18-12-11-17-35(36)40-39(41)34-24-42-37-23-29(19-20-31(34)37)27-13-7-5-8-14-27;1-14(2)11-16-12-18(15-9-7-6-8-10-15)20-13-17(16)19(3,4)5;/h5-23,25-26H,1-4H3;6-9,12-14H,11H2,1-5H3;/q2*-1;. The van der Waals surface area contributed by atoms with E-state index in [9.17, 15) is 0 Å². The summed E-state index contributed by atoms with van der Waals surface area (Å²) < 4.78 is 9.99. The van der Waals surface area contributed by atoms with Crippen molar-refractivity contribution in [2.45, 2.75) is 77.1 Å². The van der Waals surface area contributed by atoms with Crippen LogP contribution in [0, 0.1) is 18.2 Å². The fraction of sp³-hybridized carbons (Fsp3) is 0.228. The molecule has 4 nitrogen and oxygen atoms in total. The molecule has 321 valence electrons. The molecule has 0 atom stereocenters. The quantitative estimate of drug-likeness (QED) is 0.101. The van der Waals surface area contributed by atoms with Crippen LogP contribution in [0.25, 0.3) is 72.6 Å². The van der Waals surface area contributed by atoms with Gasteiger partial charge in [0.1, 0.15) is 0 Å². The molecule has 0 bridgehead atoms. The van der Waals surface area contributed by atoms with Crippen LogP contribution in [-0.2, 0) is 26.5 Å². The van der Waals surface area contributed by atoms with E-state index in [1.165, 1.54) is 33.5 Å². The number of pyridine rings is 1. The van der Waals surface area contributed by atoms with Gasteiger partial charge < -0.3 is 8.98 Å². The summed E-state index contributed by atoms with van der Waals surface area (Å²) in [6.07, 6.45) is 6.53. The Bertz CT molecular complexity index is 2910. The Balaban J connectivity index is 0.000000239. The van der Waals surface area contributed by atoms with Gasteiger partial charge in [-0.2, -0.15) is 0 Å². The van der Waals surface area contributed by atoms with Gasteiger partial charge in [-0.15, -0.1) is 6.07 Å². The van der Waals surface area contributed by atoms with Crippen LogP contribution in [0.2, 0.25) is 17.3 Å². The van der Waals surface area contributed by atoms with Gasteiger partial charge in [0.25, 0.3) is 0 Å². The number of nitrogens with zero attached hydrogens (tertiary/aromatic N) is 3. The van der Waals surface area contributed by atoms with Crippen LogP contribution in [0.15, 0.2) is 156 Å². The fourth-order valence-corrected chi connectivity index (χ4v) is 11.8. The average Bonchev–Trinajstić information content (AvgIpc) is 3.87. The zero-order chi connectivity index (χ0) is 43.5. The van der Waals surface area contributed by atoms with Gasteiger partial charge in [0, 0.05) is 37.6 Å². The minimum atomic E-state index is -1.86. The zero-order valence-electron chi connectivity index (χ0n) is 38.0. The predicted molar refractivity (Wildman–Crippen MR) is 264 cm³/mol. The molecular weight excluding hydrogens is 1010 g/mol. The number of benzene rings is 6. The minimum Gasteiger partial charge on any atom is -0.557 e. The molecule has 0 saturated heterocycles. The van der Waals surface area contributed by atoms with Gasteiger partial charge in [-0.1, -0.05) is 124 Å². The van der Waals surface area contributed by atoms with Crippen molar-refractivity contribution in [2.24, 2.45) is 5.92 Å². The normalized spacial score (nSPS) is 11.6. The number of hydrogen-bond donors (Lipinski definition) is 0. The second kappa shape index (κ2) is 19.6. The van der Waals surface area contributed by atoms with Gasteiger partial charge in [-0.25, -0.2) is 0 Å². The Labute approximate surface area is 390 Å². The number of fused-ring (bicyclic) bond motifs is 2. The first-order valence-electron chi connectivity index (χ1n) is 22.0. The Morgan fingerprint density at radius 2 is 1.27 bits per heavy atom. The van der Waals surface area contributed by atoms with Gasteiger partial charge in [-0.05, 0) is 69.5 Å². The van der Waals surface area contributed by atoms with Crippen molar-refractivity contribution in [3.8, 4) is 50.6 Å². The van der Waals surface area contributed by atoms with E-state index in [0.29, 0.717) is 17.8 Å². The van der Waals surface area contributed by atoms with Crippen molar-refractivity contribution in [1.82, 2.24) is 14.5 Å². The van der Waals surface area contributed by atoms with E-state index in [0.717, 1.165) is 62.2 Å². The second-order valence-corrected chi connectivity index (χ2v) is 29.0. The SMILES string of the molecule is CC(C)Cc1cc(-c2[c-]cccc2)nc[c]1[Ge]([CH3])([CH3])[CH3].CC(C)c1cc(-c2ccccc2)cc(C(C)C)c1-n1c(-c2[c-]oc3cc(-c4ccccc4)ccc23)nc2ccccc21.[Ir]. The van der Waals surface area contributed by atoms with Crippen molar-refractivity contribution in [1.29, 1.82) is 0 Å². The maximum atomic E-state index is 6.11. The van der Waals surface area contributed by atoms with E-state index in [4.69, 9.17) is 14.4 Å². The van der Waals surface area contributed by atoms with Crippen LogP contribution in [0.4, 0.5) is 0 Å². The molecule has 63 heavy (non-hydrogen) atoms. The van der Waals surface area contributed by atoms with E-state index in [1.54, 1.807) is 4.40 Å².